The number of Topliss-reactive ketones (excluding diaryl/α,β-unsaturated/α-hetero) is 1. The van der Waals surface area contributed by atoms with Crippen molar-refractivity contribution >= 4 is 22.4 Å². The largest absolute Gasteiger partial charge is 0.547 e. The molecular weight excluding hydrogens is 464 g/mol. The van der Waals surface area contributed by atoms with Crippen LogP contribution in [0.1, 0.15) is 94.4 Å². The van der Waals surface area contributed by atoms with Gasteiger partial charge in [-0.15, -0.1) is 0 Å². The van der Waals surface area contributed by atoms with Crippen LogP contribution in [0.2, 0.25) is 36.3 Å². The molecule has 4 atom stereocenters. The second-order valence-electron chi connectivity index (χ2n) is 15.6. The summed E-state index contributed by atoms with van der Waals surface area (Å²) in [6.45, 7) is 30.3. The van der Waals surface area contributed by atoms with Gasteiger partial charge in [0.15, 0.2) is 0 Å². The molecule has 1 saturated carbocycles. The molecule has 3 nitrogen and oxygen atoms in total. The molecule has 35 heavy (non-hydrogen) atoms. The molecule has 3 rings (SSSR count). The van der Waals surface area contributed by atoms with Crippen LogP contribution >= 0.6 is 0 Å². The van der Waals surface area contributed by atoms with Crippen LogP contribution in [0.3, 0.4) is 0 Å². The zero-order chi connectivity index (χ0) is 26.8. The van der Waals surface area contributed by atoms with Crippen LogP contribution in [0.5, 0.6) is 0 Å². The zero-order valence-electron chi connectivity index (χ0n) is 25.1. The highest BCUT2D eigenvalue weighted by molar-refractivity contribution is 6.74. The van der Waals surface area contributed by atoms with Crippen LogP contribution < -0.4 is 0 Å². The molecule has 0 amide bonds. The Labute approximate surface area is 218 Å². The first-order valence-corrected chi connectivity index (χ1v) is 19.8. The highest BCUT2D eigenvalue weighted by atomic mass is 28.4. The summed E-state index contributed by atoms with van der Waals surface area (Å²) in [6.07, 6.45) is 9.11. The molecule has 0 unspecified atom stereocenters. The van der Waals surface area contributed by atoms with Crippen molar-refractivity contribution in [3.63, 3.8) is 0 Å². The molecule has 0 aromatic heterocycles. The Balaban J connectivity index is 2.07. The van der Waals surface area contributed by atoms with E-state index in [1.165, 1.54) is 5.76 Å². The van der Waals surface area contributed by atoms with Gasteiger partial charge in [0.2, 0.25) is 16.6 Å². The SMILES string of the molecule is CC1(C)[C@@H]2CC=C(O[Si](C)(C)C(C)(C)C)[C@H]1C[C@@H]1C(O[Si](C)(C)C(C)(C)C)=CCC[C@@]1(C)C(=O)C2. The molecule has 0 saturated heterocycles. The van der Waals surface area contributed by atoms with Gasteiger partial charge in [-0.3, -0.25) is 4.79 Å². The average molecular weight is 519 g/mol. The van der Waals surface area contributed by atoms with E-state index in [2.05, 4.69) is 101 Å². The Bertz CT molecular complexity index is 898. The van der Waals surface area contributed by atoms with Gasteiger partial charge in [0.05, 0.1) is 11.5 Å². The van der Waals surface area contributed by atoms with Crippen molar-refractivity contribution in [1.29, 1.82) is 0 Å². The molecule has 2 bridgehead atoms. The predicted molar refractivity (Wildman–Crippen MR) is 153 cm³/mol. The summed E-state index contributed by atoms with van der Waals surface area (Å²) in [5.74, 6) is 3.55. The van der Waals surface area contributed by atoms with Gasteiger partial charge in [0.25, 0.3) is 0 Å². The number of allylic oxidation sites excluding steroid dienone is 4. The van der Waals surface area contributed by atoms with E-state index in [1.54, 1.807) is 0 Å². The van der Waals surface area contributed by atoms with Gasteiger partial charge in [-0.1, -0.05) is 62.3 Å². The molecule has 3 aliphatic rings. The molecule has 0 radical (unpaired) electrons. The smallest absolute Gasteiger partial charge is 0.250 e. The Morgan fingerprint density at radius 1 is 0.829 bits per heavy atom. The van der Waals surface area contributed by atoms with Crippen molar-refractivity contribution in [3.05, 3.63) is 23.7 Å². The van der Waals surface area contributed by atoms with Crippen molar-refractivity contribution in [1.82, 2.24) is 0 Å². The van der Waals surface area contributed by atoms with E-state index in [-0.39, 0.29) is 26.8 Å². The van der Waals surface area contributed by atoms with Crippen LogP contribution in [0.15, 0.2) is 23.7 Å². The number of carbonyl (C=O) groups excluding carboxylic acids is 1. The molecule has 0 heterocycles. The molecular formula is C30H54O3Si2. The van der Waals surface area contributed by atoms with E-state index in [0.717, 1.165) is 31.4 Å². The normalized spacial score (nSPS) is 32.0. The third kappa shape index (κ3) is 5.15. The molecule has 0 aromatic carbocycles. The van der Waals surface area contributed by atoms with Crippen LogP contribution in [0, 0.1) is 28.6 Å². The fourth-order valence-electron chi connectivity index (χ4n) is 5.79. The van der Waals surface area contributed by atoms with E-state index < -0.39 is 16.6 Å². The standard InChI is InChI=1S/C30H54O3Si2/c1-27(2,3)34(10,11)32-24-15-14-18-30(9)23(24)20-22-25(33-35(12,13)28(4,5)6)17-16-21(19-26(30)31)29(22,7)8/h15,17,21-23H,14,16,18-20H2,1-13H3/t21-,22-,23-,30-/m1/s1. The Morgan fingerprint density at radius 3 is 1.80 bits per heavy atom. The summed E-state index contributed by atoms with van der Waals surface area (Å²) in [4.78, 5) is 13.9. The maximum Gasteiger partial charge on any atom is 0.250 e. The molecule has 0 aromatic rings. The number of ketones is 1. The topological polar surface area (TPSA) is 35.5 Å². The summed E-state index contributed by atoms with van der Waals surface area (Å²) in [5, 5.41) is 0.279. The Morgan fingerprint density at radius 2 is 1.31 bits per heavy atom. The molecule has 200 valence electrons. The lowest BCUT2D eigenvalue weighted by Crippen LogP contribution is -2.52. The third-order valence-electron chi connectivity index (χ3n) is 10.9. The van der Waals surface area contributed by atoms with Crippen LogP contribution in [0.25, 0.3) is 0 Å². The molecule has 0 spiro atoms. The quantitative estimate of drug-likeness (QED) is 0.348. The molecule has 5 heteroatoms. The van der Waals surface area contributed by atoms with Gasteiger partial charge in [0.1, 0.15) is 5.78 Å². The van der Waals surface area contributed by atoms with E-state index in [4.69, 9.17) is 8.85 Å². The Kier molecular flexibility index (Phi) is 7.30. The number of rotatable bonds is 4. The van der Waals surface area contributed by atoms with Gasteiger partial charge < -0.3 is 8.85 Å². The van der Waals surface area contributed by atoms with Gasteiger partial charge in [-0.05, 0) is 85.4 Å². The number of hydrogen-bond acceptors (Lipinski definition) is 3. The van der Waals surface area contributed by atoms with E-state index >= 15 is 0 Å². The van der Waals surface area contributed by atoms with E-state index in [0.29, 0.717) is 24.0 Å². The highest BCUT2D eigenvalue weighted by Crippen LogP contribution is 2.59. The minimum absolute atomic E-state index is 0.0168. The predicted octanol–water partition coefficient (Wildman–Crippen LogP) is 9.24. The van der Waals surface area contributed by atoms with Crippen molar-refractivity contribution in [2.45, 2.75) is 131 Å². The summed E-state index contributed by atoms with van der Waals surface area (Å²) in [5.41, 5.74) is -0.332. The van der Waals surface area contributed by atoms with Crippen molar-refractivity contribution in [2.75, 3.05) is 0 Å². The van der Waals surface area contributed by atoms with Crippen molar-refractivity contribution < 1.29 is 13.6 Å². The lowest BCUT2D eigenvalue weighted by atomic mass is 9.53. The number of fused-ring (bicyclic) bond motifs is 3. The lowest BCUT2D eigenvalue weighted by Gasteiger charge is -2.54. The zero-order valence-corrected chi connectivity index (χ0v) is 27.1. The minimum Gasteiger partial charge on any atom is -0.547 e. The average Bonchev–Trinajstić information content (AvgIpc) is 2.66. The minimum atomic E-state index is -2.02. The number of carbonyl (C=O) groups is 1. The fraction of sp³-hybridized carbons (Fsp3) is 0.833. The maximum absolute atomic E-state index is 13.9. The third-order valence-corrected chi connectivity index (χ3v) is 19.6. The summed E-state index contributed by atoms with van der Waals surface area (Å²) in [7, 11) is -3.99. The monoisotopic (exact) mass is 518 g/mol. The summed E-state index contributed by atoms with van der Waals surface area (Å²) < 4.78 is 14.1. The first kappa shape index (κ1) is 28.8. The summed E-state index contributed by atoms with van der Waals surface area (Å²) in [6, 6.07) is 0. The maximum atomic E-state index is 13.9. The first-order chi connectivity index (χ1) is 15.6. The molecule has 0 aliphatic heterocycles. The molecule has 1 fully saturated rings. The van der Waals surface area contributed by atoms with Gasteiger partial charge >= 0.3 is 0 Å². The highest BCUT2D eigenvalue weighted by Gasteiger charge is 2.56. The van der Waals surface area contributed by atoms with Crippen LogP contribution in [0.4, 0.5) is 0 Å². The van der Waals surface area contributed by atoms with Gasteiger partial charge in [0, 0.05) is 23.7 Å². The van der Waals surface area contributed by atoms with Crippen LogP contribution in [-0.4, -0.2) is 22.4 Å². The first-order valence-electron chi connectivity index (χ1n) is 13.9. The van der Waals surface area contributed by atoms with Crippen molar-refractivity contribution in [3.8, 4) is 0 Å². The summed E-state index contributed by atoms with van der Waals surface area (Å²) >= 11 is 0. The molecule has 0 N–H and O–H groups in total. The Hall–Kier alpha value is -0.816. The van der Waals surface area contributed by atoms with E-state index in [9.17, 15) is 4.79 Å². The van der Waals surface area contributed by atoms with E-state index in [1.807, 2.05) is 0 Å². The fourth-order valence-corrected chi connectivity index (χ4v) is 8.03. The second-order valence-corrected chi connectivity index (χ2v) is 25.1. The lowest BCUT2D eigenvalue weighted by molar-refractivity contribution is -0.137. The number of hydrogen-bond donors (Lipinski definition) is 0. The van der Waals surface area contributed by atoms with Crippen LogP contribution in [-0.2, 0) is 13.6 Å². The van der Waals surface area contributed by atoms with Gasteiger partial charge in [-0.2, -0.15) is 0 Å². The van der Waals surface area contributed by atoms with Gasteiger partial charge in [-0.25, -0.2) is 0 Å². The molecule has 3 aliphatic carbocycles. The second kappa shape index (κ2) is 8.89. The van der Waals surface area contributed by atoms with Crippen molar-refractivity contribution in [2.24, 2.45) is 28.6 Å².